The molecule has 0 aliphatic carbocycles. The zero-order chi connectivity index (χ0) is 22.5. The molecule has 1 fully saturated rings. The van der Waals surface area contributed by atoms with Gasteiger partial charge in [0.1, 0.15) is 11.6 Å². The topological polar surface area (TPSA) is 84.6 Å². The first kappa shape index (κ1) is 21.8. The number of methoxy groups -OCH3 is 1. The van der Waals surface area contributed by atoms with Crippen molar-refractivity contribution in [2.75, 3.05) is 38.2 Å². The van der Waals surface area contributed by atoms with Gasteiger partial charge in [-0.2, -0.15) is 0 Å². The fourth-order valence-electron chi connectivity index (χ4n) is 3.87. The lowest BCUT2D eigenvalue weighted by Crippen LogP contribution is -2.49. The van der Waals surface area contributed by atoms with Crippen molar-refractivity contribution in [2.24, 2.45) is 0 Å². The van der Waals surface area contributed by atoms with Gasteiger partial charge < -0.3 is 19.0 Å². The van der Waals surface area contributed by atoms with Crippen LogP contribution in [0.15, 0.2) is 47.0 Å². The molecule has 3 aromatic rings. The lowest BCUT2D eigenvalue weighted by atomic mass is 10.1. The number of nitrogens with zero attached hydrogens (tertiary/aromatic N) is 5. The molecule has 0 saturated carbocycles. The van der Waals surface area contributed by atoms with E-state index in [1.165, 1.54) is 0 Å². The highest BCUT2D eigenvalue weighted by Crippen LogP contribution is 2.30. The third-order valence-electron chi connectivity index (χ3n) is 5.68. The highest BCUT2D eigenvalue weighted by atomic mass is 16.5. The van der Waals surface area contributed by atoms with Crippen LogP contribution in [0.1, 0.15) is 37.6 Å². The van der Waals surface area contributed by atoms with E-state index < -0.39 is 0 Å². The summed E-state index contributed by atoms with van der Waals surface area (Å²) in [6, 6.07) is 11.7. The summed E-state index contributed by atoms with van der Waals surface area (Å²) >= 11 is 0. The molecule has 1 aliphatic rings. The number of hydrogen-bond donors (Lipinski definition) is 0. The molecule has 168 valence electrons. The predicted octanol–water partition coefficient (Wildman–Crippen LogP) is 3.55. The summed E-state index contributed by atoms with van der Waals surface area (Å²) in [7, 11) is 1.66. The summed E-state index contributed by atoms with van der Waals surface area (Å²) < 4.78 is 11.2. The van der Waals surface area contributed by atoms with Crippen LogP contribution in [-0.4, -0.2) is 59.3 Å². The second kappa shape index (κ2) is 9.80. The molecule has 0 bridgehead atoms. The smallest absolute Gasteiger partial charge is 0.251 e. The molecule has 0 radical (unpaired) electrons. The molecule has 0 N–H and O–H groups in total. The zero-order valence-electron chi connectivity index (χ0n) is 18.8. The fourth-order valence-corrected chi connectivity index (χ4v) is 3.87. The third kappa shape index (κ3) is 4.74. The van der Waals surface area contributed by atoms with Crippen LogP contribution in [0.25, 0.3) is 11.5 Å². The van der Waals surface area contributed by atoms with Gasteiger partial charge in [-0.25, -0.2) is 4.98 Å². The largest absolute Gasteiger partial charge is 0.496 e. The number of ether oxygens (including phenoxy) is 1. The molecule has 32 heavy (non-hydrogen) atoms. The van der Waals surface area contributed by atoms with Crippen molar-refractivity contribution in [3.05, 3.63) is 54.0 Å². The predicted molar refractivity (Wildman–Crippen MR) is 122 cm³/mol. The number of aryl methyl sites for hydroxylation is 1. The molecule has 8 heteroatoms. The molecule has 1 amide bonds. The van der Waals surface area contributed by atoms with Gasteiger partial charge >= 0.3 is 0 Å². The minimum absolute atomic E-state index is 0.162. The Morgan fingerprint density at radius 1 is 1.09 bits per heavy atom. The van der Waals surface area contributed by atoms with Crippen LogP contribution in [0.2, 0.25) is 0 Å². The maximum atomic E-state index is 12.8. The van der Waals surface area contributed by atoms with Crippen molar-refractivity contribution in [1.29, 1.82) is 0 Å². The normalized spacial score (nSPS) is 14.1. The highest BCUT2D eigenvalue weighted by molar-refractivity contribution is 5.77. The molecule has 1 aromatic carbocycles. The van der Waals surface area contributed by atoms with Crippen LogP contribution in [0.5, 0.6) is 5.75 Å². The number of aromatic nitrogens is 3. The SMILES string of the molecule is COc1ccccc1CCC(=O)N1CCN(c2ncccc2-c2nnc(C(C)C)o2)CC1. The van der Waals surface area contributed by atoms with E-state index in [1.807, 2.05) is 55.1 Å². The van der Waals surface area contributed by atoms with Gasteiger partial charge in [0.05, 0.1) is 12.7 Å². The second-order valence-electron chi connectivity index (χ2n) is 8.15. The van der Waals surface area contributed by atoms with Crippen molar-refractivity contribution >= 4 is 11.7 Å². The molecule has 1 aliphatic heterocycles. The number of benzene rings is 1. The van der Waals surface area contributed by atoms with Gasteiger partial charge in [-0.15, -0.1) is 10.2 Å². The number of amides is 1. The summed E-state index contributed by atoms with van der Waals surface area (Å²) in [6.45, 7) is 6.76. The zero-order valence-corrected chi connectivity index (χ0v) is 18.8. The Balaban J connectivity index is 1.38. The molecular weight excluding hydrogens is 406 g/mol. The van der Waals surface area contributed by atoms with Gasteiger partial charge in [0.15, 0.2) is 0 Å². The Hall–Kier alpha value is -3.42. The monoisotopic (exact) mass is 435 g/mol. The van der Waals surface area contributed by atoms with Crippen LogP contribution in [0, 0.1) is 0 Å². The van der Waals surface area contributed by atoms with E-state index in [1.54, 1.807) is 13.3 Å². The molecule has 1 saturated heterocycles. The van der Waals surface area contributed by atoms with Crippen LogP contribution < -0.4 is 9.64 Å². The van der Waals surface area contributed by atoms with Crippen LogP contribution in [-0.2, 0) is 11.2 Å². The van der Waals surface area contributed by atoms with Crippen molar-refractivity contribution in [2.45, 2.75) is 32.6 Å². The standard InChI is InChI=1S/C24H29N5O3/c1-17(2)23-26-27-24(32-23)19-8-6-12-25-22(19)29-15-13-28(14-16-29)21(30)11-10-18-7-4-5-9-20(18)31-3/h4-9,12,17H,10-11,13-16H2,1-3H3. The van der Waals surface area contributed by atoms with Gasteiger partial charge in [-0.05, 0) is 30.2 Å². The van der Waals surface area contributed by atoms with E-state index in [9.17, 15) is 4.79 Å². The summed E-state index contributed by atoms with van der Waals surface area (Å²) in [6.07, 6.45) is 2.90. The third-order valence-corrected chi connectivity index (χ3v) is 5.68. The average Bonchev–Trinajstić information content (AvgIpc) is 3.33. The molecule has 8 nitrogen and oxygen atoms in total. The van der Waals surface area contributed by atoms with Crippen molar-refractivity contribution in [1.82, 2.24) is 20.1 Å². The second-order valence-corrected chi connectivity index (χ2v) is 8.15. The van der Waals surface area contributed by atoms with E-state index in [0.717, 1.165) is 22.7 Å². The quantitative estimate of drug-likeness (QED) is 0.561. The molecular formula is C24H29N5O3. The van der Waals surface area contributed by atoms with Gasteiger partial charge in [0.2, 0.25) is 11.8 Å². The van der Waals surface area contributed by atoms with Gasteiger partial charge in [0, 0.05) is 44.7 Å². The lowest BCUT2D eigenvalue weighted by molar-refractivity contribution is -0.131. The molecule has 2 aromatic heterocycles. The summed E-state index contributed by atoms with van der Waals surface area (Å²) in [4.78, 5) is 21.5. The molecule has 0 unspecified atom stereocenters. The fraction of sp³-hybridized carbons (Fsp3) is 0.417. The lowest BCUT2D eigenvalue weighted by Gasteiger charge is -2.36. The Morgan fingerprint density at radius 2 is 1.88 bits per heavy atom. The Morgan fingerprint density at radius 3 is 2.59 bits per heavy atom. The Kier molecular flexibility index (Phi) is 6.68. The first-order valence-electron chi connectivity index (χ1n) is 11.0. The van der Waals surface area contributed by atoms with Gasteiger partial charge in [0.25, 0.3) is 5.89 Å². The molecule has 0 atom stereocenters. The Bertz CT molecular complexity index is 1060. The number of pyridine rings is 1. The van der Waals surface area contributed by atoms with Crippen LogP contribution in [0.4, 0.5) is 5.82 Å². The summed E-state index contributed by atoms with van der Waals surface area (Å²) in [5.41, 5.74) is 1.88. The maximum Gasteiger partial charge on any atom is 0.251 e. The molecule has 3 heterocycles. The van der Waals surface area contributed by atoms with Gasteiger partial charge in [-0.1, -0.05) is 32.0 Å². The summed E-state index contributed by atoms with van der Waals surface area (Å²) in [5.74, 6) is 3.06. The molecule has 4 rings (SSSR count). The van der Waals surface area contributed by atoms with Crippen LogP contribution >= 0.6 is 0 Å². The van der Waals surface area contributed by atoms with E-state index >= 15 is 0 Å². The number of carbonyl (C=O) groups is 1. The van der Waals surface area contributed by atoms with Gasteiger partial charge in [-0.3, -0.25) is 4.79 Å². The number of rotatable bonds is 7. The first-order chi connectivity index (χ1) is 15.6. The first-order valence-corrected chi connectivity index (χ1v) is 11.0. The van der Waals surface area contributed by atoms with E-state index in [-0.39, 0.29) is 11.8 Å². The number of para-hydroxylation sites is 1. The van der Waals surface area contributed by atoms with E-state index in [0.29, 0.717) is 50.8 Å². The number of anilines is 1. The maximum absolute atomic E-state index is 12.8. The van der Waals surface area contributed by atoms with Crippen molar-refractivity contribution in [3.63, 3.8) is 0 Å². The summed E-state index contributed by atoms with van der Waals surface area (Å²) in [5, 5.41) is 8.36. The average molecular weight is 436 g/mol. The number of hydrogen-bond acceptors (Lipinski definition) is 7. The van der Waals surface area contributed by atoms with Crippen LogP contribution in [0.3, 0.4) is 0 Å². The van der Waals surface area contributed by atoms with Crippen molar-refractivity contribution in [3.8, 4) is 17.2 Å². The number of piperazine rings is 1. The van der Waals surface area contributed by atoms with E-state index in [4.69, 9.17) is 9.15 Å². The molecule has 0 spiro atoms. The van der Waals surface area contributed by atoms with Crippen molar-refractivity contribution < 1.29 is 13.9 Å². The minimum Gasteiger partial charge on any atom is -0.496 e. The Labute approximate surface area is 188 Å². The highest BCUT2D eigenvalue weighted by Gasteiger charge is 2.25. The number of carbonyl (C=O) groups excluding carboxylic acids is 1. The van der Waals surface area contributed by atoms with E-state index in [2.05, 4.69) is 20.1 Å². The minimum atomic E-state index is 0.162.